The number of aromatic nitrogens is 4. The number of rotatable bonds is 8. The van der Waals surface area contributed by atoms with Gasteiger partial charge in [-0.25, -0.2) is 17.8 Å². The molecule has 0 aliphatic heterocycles. The molecule has 0 saturated heterocycles. The lowest BCUT2D eigenvalue weighted by molar-refractivity contribution is -0.118. The first-order chi connectivity index (χ1) is 15.7. The third kappa shape index (κ3) is 4.90. The fraction of sp³-hybridized carbons (Fsp3) is 0.143. The Morgan fingerprint density at radius 3 is 2.67 bits per heavy atom. The van der Waals surface area contributed by atoms with Gasteiger partial charge in [0.05, 0.1) is 19.2 Å². The molecule has 0 bridgehead atoms. The number of hydrogen-bond donors (Lipinski definition) is 3. The smallest absolute Gasteiger partial charge is 0.264 e. The predicted molar refractivity (Wildman–Crippen MR) is 118 cm³/mol. The molecule has 4 aromatic rings. The minimum atomic E-state index is -4.12. The first-order valence-electron chi connectivity index (χ1n) is 9.74. The van der Waals surface area contributed by atoms with Crippen LogP contribution in [-0.2, 0) is 14.8 Å². The second kappa shape index (κ2) is 8.82. The molecule has 170 valence electrons. The molecular weight excluding hydrogens is 451 g/mol. The molecule has 0 aliphatic carbocycles. The molecular formula is C21H19FN6O4S. The van der Waals surface area contributed by atoms with Crippen LogP contribution in [0.2, 0.25) is 0 Å². The Bertz CT molecular complexity index is 1440. The van der Waals surface area contributed by atoms with Crippen LogP contribution in [0.1, 0.15) is 12.0 Å². The van der Waals surface area contributed by atoms with E-state index < -0.39 is 26.6 Å². The van der Waals surface area contributed by atoms with Gasteiger partial charge in [-0.1, -0.05) is 6.07 Å². The number of nitrogens with two attached hydrogens (primary N) is 1. The molecule has 33 heavy (non-hydrogen) atoms. The molecule has 0 aliphatic rings. The lowest BCUT2D eigenvalue weighted by atomic mass is 10.2. The van der Waals surface area contributed by atoms with Crippen LogP contribution in [0, 0.1) is 12.7 Å². The van der Waals surface area contributed by atoms with Gasteiger partial charge in [-0.15, -0.1) is 0 Å². The topological polar surface area (TPSA) is 153 Å². The molecule has 0 unspecified atom stereocenters. The van der Waals surface area contributed by atoms with Gasteiger partial charge in [0.1, 0.15) is 16.1 Å². The number of anilines is 1. The fourth-order valence-corrected chi connectivity index (χ4v) is 4.23. The van der Waals surface area contributed by atoms with Gasteiger partial charge >= 0.3 is 0 Å². The van der Waals surface area contributed by atoms with E-state index in [1.54, 1.807) is 19.1 Å². The van der Waals surface area contributed by atoms with Gasteiger partial charge in [-0.2, -0.15) is 10.1 Å². The number of nitrogens with one attached hydrogen (secondary N) is 2. The zero-order valence-corrected chi connectivity index (χ0v) is 18.2. The first-order valence-corrected chi connectivity index (χ1v) is 11.2. The number of amides is 1. The predicted octanol–water partition coefficient (Wildman–Crippen LogP) is 2.52. The summed E-state index contributed by atoms with van der Waals surface area (Å²) in [6.07, 6.45) is 1.52. The van der Waals surface area contributed by atoms with E-state index >= 15 is 0 Å². The summed E-state index contributed by atoms with van der Waals surface area (Å²) >= 11 is 0. The van der Waals surface area contributed by atoms with E-state index in [0.29, 0.717) is 28.0 Å². The van der Waals surface area contributed by atoms with Crippen molar-refractivity contribution in [2.45, 2.75) is 18.2 Å². The monoisotopic (exact) mass is 470 g/mol. The highest BCUT2D eigenvalue weighted by molar-refractivity contribution is 7.92. The molecule has 0 fully saturated rings. The van der Waals surface area contributed by atoms with E-state index in [0.717, 1.165) is 6.07 Å². The van der Waals surface area contributed by atoms with Crippen LogP contribution in [-0.4, -0.2) is 41.1 Å². The van der Waals surface area contributed by atoms with Crippen molar-refractivity contribution in [3.8, 4) is 17.3 Å². The summed E-state index contributed by atoms with van der Waals surface area (Å²) < 4.78 is 47.2. The number of nitrogens with zero attached hydrogens (tertiary/aromatic N) is 3. The molecule has 2 aromatic carbocycles. The molecule has 12 heteroatoms. The minimum absolute atomic E-state index is 0.0229. The third-order valence-corrected chi connectivity index (χ3v) is 6.03. The van der Waals surface area contributed by atoms with Gasteiger partial charge < -0.3 is 10.5 Å². The molecule has 0 radical (unpaired) electrons. The number of halogens is 1. The number of carbonyl (C=O) groups excluding carboxylic acids is 1. The number of primary amides is 1. The van der Waals surface area contributed by atoms with Gasteiger partial charge in [-0.3, -0.25) is 14.6 Å². The van der Waals surface area contributed by atoms with Crippen LogP contribution in [0.15, 0.2) is 53.6 Å². The van der Waals surface area contributed by atoms with Crippen LogP contribution < -0.4 is 15.2 Å². The number of aryl methyl sites for hydroxylation is 1. The van der Waals surface area contributed by atoms with Crippen LogP contribution >= 0.6 is 0 Å². The Morgan fingerprint density at radius 1 is 1.18 bits per heavy atom. The van der Waals surface area contributed by atoms with Gasteiger partial charge in [0, 0.05) is 11.3 Å². The fourth-order valence-electron chi connectivity index (χ4n) is 3.01. The Kier molecular flexibility index (Phi) is 5.92. The third-order valence-electron chi connectivity index (χ3n) is 4.63. The lowest BCUT2D eigenvalue weighted by Gasteiger charge is -2.11. The summed E-state index contributed by atoms with van der Waals surface area (Å²) in [6.45, 7) is 1.72. The number of benzene rings is 2. The molecule has 1 amide bonds. The van der Waals surface area contributed by atoms with E-state index in [1.165, 1.54) is 30.5 Å². The lowest BCUT2D eigenvalue weighted by Crippen LogP contribution is -2.15. The second-order valence-electron chi connectivity index (χ2n) is 7.17. The van der Waals surface area contributed by atoms with Crippen LogP contribution in [0.4, 0.5) is 10.1 Å². The minimum Gasteiger partial charge on any atom is -0.477 e. The molecule has 10 nitrogen and oxygen atoms in total. The summed E-state index contributed by atoms with van der Waals surface area (Å²) in [5, 5.41) is 7.20. The Labute approximate surface area is 188 Å². The average Bonchev–Trinajstić information content (AvgIpc) is 3.24. The SMILES string of the molecule is Cc1ccc(F)c(S(=O)(=O)Nc2ccc(-c3nc(OCCC(N)=O)c4cn[nH]c4n3)cc2)c1. The summed E-state index contributed by atoms with van der Waals surface area (Å²) in [7, 11) is -4.12. The number of fused-ring (bicyclic) bond motifs is 1. The number of hydrogen-bond acceptors (Lipinski definition) is 7. The van der Waals surface area contributed by atoms with E-state index in [-0.39, 0.29) is 24.6 Å². The Balaban J connectivity index is 1.59. The van der Waals surface area contributed by atoms with Crippen molar-refractivity contribution in [2.24, 2.45) is 5.73 Å². The zero-order valence-electron chi connectivity index (χ0n) is 17.4. The number of aromatic amines is 1. The maximum Gasteiger partial charge on any atom is 0.264 e. The van der Waals surface area contributed by atoms with E-state index in [4.69, 9.17) is 10.5 Å². The van der Waals surface area contributed by atoms with Gasteiger partial charge in [0.15, 0.2) is 11.5 Å². The Morgan fingerprint density at radius 2 is 1.94 bits per heavy atom. The molecule has 2 heterocycles. The van der Waals surface area contributed by atoms with Crippen LogP contribution in [0.5, 0.6) is 5.88 Å². The van der Waals surface area contributed by atoms with Crippen molar-refractivity contribution in [1.82, 2.24) is 20.2 Å². The number of H-pyrrole nitrogens is 1. The first kappa shape index (κ1) is 22.1. The maximum atomic E-state index is 14.0. The zero-order chi connectivity index (χ0) is 23.6. The van der Waals surface area contributed by atoms with Crippen molar-refractivity contribution in [2.75, 3.05) is 11.3 Å². The average molecular weight is 470 g/mol. The molecule has 4 N–H and O–H groups in total. The van der Waals surface area contributed by atoms with Gasteiger partial charge in [0.25, 0.3) is 10.0 Å². The second-order valence-corrected chi connectivity index (χ2v) is 8.82. The summed E-state index contributed by atoms with van der Waals surface area (Å²) in [4.78, 5) is 19.3. The number of carbonyl (C=O) groups is 1. The normalized spacial score (nSPS) is 11.5. The van der Waals surface area contributed by atoms with Crippen LogP contribution in [0.25, 0.3) is 22.4 Å². The van der Waals surface area contributed by atoms with Crippen molar-refractivity contribution in [1.29, 1.82) is 0 Å². The molecule has 0 spiro atoms. The van der Waals surface area contributed by atoms with Crippen molar-refractivity contribution in [3.63, 3.8) is 0 Å². The highest BCUT2D eigenvalue weighted by atomic mass is 32.2. The molecule has 2 aromatic heterocycles. The number of ether oxygens (including phenoxy) is 1. The van der Waals surface area contributed by atoms with E-state index in [9.17, 15) is 17.6 Å². The van der Waals surface area contributed by atoms with Gasteiger partial charge in [-0.05, 0) is 48.9 Å². The highest BCUT2D eigenvalue weighted by Crippen LogP contribution is 2.27. The van der Waals surface area contributed by atoms with Crippen LogP contribution in [0.3, 0.4) is 0 Å². The summed E-state index contributed by atoms with van der Waals surface area (Å²) in [5.41, 5.74) is 6.99. The van der Waals surface area contributed by atoms with E-state index in [2.05, 4.69) is 24.9 Å². The largest absolute Gasteiger partial charge is 0.477 e. The van der Waals surface area contributed by atoms with E-state index in [1.807, 2.05) is 0 Å². The maximum absolute atomic E-state index is 14.0. The van der Waals surface area contributed by atoms with Crippen molar-refractivity contribution < 1.29 is 22.3 Å². The standard InChI is InChI=1S/C21H19FN6O4S/c1-12-2-7-16(22)17(10-12)33(30,31)28-14-5-3-13(4-6-14)19-25-20-15(11-24-27-20)21(26-19)32-9-8-18(23)29/h2-7,10-11,28H,8-9H2,1H3,(H2,23,29)(H,24,25,26,27). The van der Waals surface area contributed by atoms with Crippen molar-refractivity contribution >= 4 is 32.7 Å². The molecule has 4 rings (SSSR count). The summed E-state index contributed by atoms with van der Waals surface area (Å²) in [5.74, 6) is -0.823. The number of sulfonamides is 1. The molecule has 0 atom stereocenters. The Hall–Kier alpha value is -4.06. The quantitative estimate of drug-likeness (QED) is 0.358. The molecule has 0 saturated carbocycles. The summed E-state index contributed by atoms with van der Waals surface area (Å²) in [6, 6.07) is 10.1. The highest BCUT2D eigenvalue weighted by Gasteiger charge is 2.20. The van der Waals surface area contributed by atoms with Gasteiger partial charge in [0.2, 0.25) is 11.8 Å². The van der Waals surface area contributed by atoms with Crippen molar-refractivity contribution in [3.05, 3.63) is 60.0 Å².